The fraction of sp³-hybridized carbons (Fsp3) is 0.143. The standard InChI is InChI=1S/C21H20N4O/c1-15-19(16(2)25(3)24-15)14-22-23-20(17-10-6-4-7-11-17)21(26)18-12-8-5-9-13-18/h4-14H,1-3H3. The Bertz CT molecular complexity index is 970. The van der Waals surface area contributed by atoms with Gasteiger partial charge in [-0.2, -0.15) is 10.2 Å². The number of aromatic nitrogens is 2. The van der Waals surface area contributed by atoms with Gasteiger partial charge in [0.2, 0.25) is 5.78 Å². The third-order valence-electron chi connectivity index (χ3n) is 4.21. The number of ketones is 1. The maximum absolute atomic E-state index is 12.9. The lowest BCUT2D eigenvalue weighted by Gasteiger charge is -2.04. The summed E-state index contributed by atoms with van der Waals surface area (Å²) in [6.07, 6.45) is 1.65. The van der Waals surface area contributed by atoms with Crippen LogP contribution in [0, 0.1) is 13.8 Å². The summed E-state index contributed by atoms with van der Waals surface area (Å²) in [4.78, 5) is 12.9. The molecule has 2 aromatic carbocycles. The number of hydrogen-bond acceptors (Lipinski definition) is 4. The molecule has 0 N–H and O–H groups in total. The SMILES string of the molecule is Cc1nn(C)c(C)c1C=NN=C(C(=O)c1ccccc1)c1ccccc1. The van der Waals surface area contributed by atoms with E-state index in [0.29, 0.717) is 11.3 Å². The summed E-state index contributed by atoms with van der Waals surface area (Å²) in [5.74, 6) is -0.159. The van der Waals surface area contributed by atoms with Gasteiger partial charge < -0.3 is 0 Å². The number of Topliss-reactive ketones (excluding diaryl/α,β-unsaturated/α-hetero) is 1. The highest BCUT2D eigenvalue weighted by atomic mass is 16.1. The van der Waals surface area contributed by atoms with Crippen LogP contribution in [0.15, 0.2) is 70.9 Å². The first-order valence-electron chi connectivity index (χ1n) is 8.34. The Balaban J connectivity index is 1.99. The van der Waals surface area contributed by atoms with E-state index in [0.717, 1.165) is 22.5 Å². The monoisotopic (exact) mass is 344 g/mol. The quantitative estimate of drug-likeness (QED) is 0.402. The number of benzene rings is 2. The average Bonchev–Trinajstić information content (AvgIpc) is 2.92. The molecule has 0 aliphatic carbocycles. The van der Waals surface area contributed by atoms with Gasteiger partial charge in [0, 0.05) is 29.4 Å². The van der Waals surface area contributed by atoms with Gasteiger partial charge in [0.15, 0.2) is 0 Å². The Morgan fingerprint density at radius 2 is 1.54 bits per heavy atom. The van der Waals surface area contributed by atoms with Gasteiger partial charge in [-0.3, -0.25) is 9.48 Å². The van der Waals surface area contributed by atoms with Crippen LogP contribution >= 0.6 is 0 Å². The average molecular weight is 344 g/mol. The lowest BCUT2D eigenvalue weighted by Crippen LogP contribution is -2.15. The van der Waals surface area contributed by atoms with Crippen LogP contribution < -0.4 is 0 Å². The van der Waals surface area contributed by atoms with Gasteiger partial charge in [-0.25, -0.2) is 0 Å². The van der Waals surface area contributed by atoms with Crippen LogP contribution in [0.25, 0.3) is 0 Å². The van der Waals surface area contributed by atoms with E-state index in [2.05, 4.69) is 15.3 Å². The summed E-state index contributed by atoms with van der Waals surface area (Å²) < 4.78 is 1.80. The molecule has 0 unspecified atom stereocenters. The molecule has 1 aromatic heterocycles. The number of nitrogens with zero attached hydrogens (tertiary/aromatic N) is 4. The van der Waals surface area contributed by atoms with Gasteiger partial charge in [0.05, 0.1) is 11.9 Å². The zero-order valence-corrected chi connectivity index (χ0v) is 15.0. The van der Waals surface area contributed by atoms with E-state index in [1.54, 1.807) is 23.0 Å². The highest BCUT2D eigenvalue weighted by Gasteiger charge is 2.16. The zero-order valence-electron chi connectivity index (χ0n) is 15.0. The molecule has 0 spiro atoms. The molecular formula is C21H20N4O. The van der Waals surface area contributed by atoms with Gasteiger partial charge >= 0.3 is 0 Å². The highest BCUT2D eigenvalue weighted by molar-refractivity contribution is 6.51. The first-order chi connectivity index (χ1) is 12.6. The van der Waals surface area contributed by atoms with Crippen LogP contribution in [0.1, 0.15) is 32.9 Å². The molecule has 130 valence electrons. The molecule has 0 aliphatic rings. The van der Waals surface area contributed by atoms with Crippen molar-refractivity contribution in [1.29, 1.82) is 0 Å². The maximum Gasteiger partial charge on any atom is 0.213 e. The van der Waals surface area contributed by atoms with Crippen molar-refractivity contribution >= 4 is 17.7 Å². The summed E-state index contributed by atoms with van der Waals surface area (Å²) in [6.45, 7) is 3.89. The van der Waals surface area contributed by atoms with Gasteiger partial charge in [0.1, 0.15) is 5.71 Å². The molecule has 3 rings (SSSR count). The van der Waals surface area contributed by atoms with Crippen LogP contribution in [0.3, 0.4) is 0 Å². The molecule has 0 amide bonds. The third kappa shape index (κ3) is 3.67. The van der Waals surface area contributed by atoms with E-state index in [-0.39, 0.29) is 5.78 Å². The number of carbonyl (C=O) groups excluding carboxylic acids is 1. The van der Waals surface area contributed by atoms with Gasteiger partial charge in [-0.1, -0.05) is 60.7 Å². The Kier molecular flexibility index (Phi) is 5.17. The molecule has 0 radical (unpaired) electrons. The maximum atomic E-state index is 12.9. The molecule has 3 aromatic rings. The molecule has 0 atom stereocenters. The number of carbonyl (C=O) groups is 1. The van der Waals surface area contributed by atoms with Gasteiger partial charge in [-0.15, -0.1) is 5.10 Å². The molecule has 26 heavy (non-hydrogen) atoms. The molecule has 0 saturated heterocycles. The lowest BCUT2D eigenvalue weighted by molar-refractivity contribution is 0.106. The first kappa shape index (κ1) is 17.5. The van der Waals surface area contributed by atoms with Crippen molar-refractivity contribution in [3.05, 3.63) is 88.7 Å². The second-order valence-electron chi connectivity index (χ2n) is 5.96. The van der Waals surface area contributed by atoms with Gasteiger partial charge in [-0.05, 0) is 13.8 Å². The Hall–Kier alpha value is -3.34. The summed E-state index contributed by atoms with van der Waals surface area (Å²) in [5.41, 5.74) is 4.41. The summed E-state index contributed by atoms with van der Waals surface area (Å²) in [5, 5.41) is 12.8. The predicted octanol–water partition coefficient (Wildman–Crippen LogP) is 3.74. The fourth-order valence-electron chi connectivity index (χ4n) is 2.68. The van der Waals surface area contributed by atoms with Crippen molar-refractivity contribution in [1.82, 2.24) is 9.78 Å². The van der Waals surface area contributed by atoms with Crippen molar-refractivity contribution in [2.24, 2.45) is 17.3 Å². The Labute approximate surface area is 152 Å². The minimum atomic E-state index is -0.159. The minimum Gasteiger partial charge on any atom is -0.287 e. The predicted molar refractivity (Wildman–Crippen MR) is 104 cm³/mol. The second kappa shape index (κ2) is 7.70. The van der Waals surface area contributed by atoms with Gasteiger partial charge in [0.25, 0.3) is 0 Å². The van der Waals surface area contributed by atoms with E-state index < -0.39 is 0 Å². The van der Waals surface area contributed by atoms with Crippen LogP contribution in [0.4, 0.5) is 0 Å². The number of hydrogen-bond donors (Lipinski definition) is 0. The van der Waals surface area contributed by atoms with E-state index in [9.17, 15) is 4.79 Å². The largest absolute Gasteiger partial charge is 0.287 e. The molecule has 0 aliphatic heterocycles. The van der Waals surface area contributed by atoms with Crippen molar-refractivity contribution in [2.75, 3.05) is 0 Å². The summed E-state index contributed by atoms with van der Waals surface area (Å²) >= 11 is 0. The Morgan fingerprint density at radius 3 is 2.08 bits per heavy atom. The molecule has 5 nitrogen and oxygen atoms in total. The molecule has 1 heterocycles. The molecule has 0 fully saturated rings. The van der Waals surface area contributed by atoms with E-state index >= 15 is 0 Å². The first-order valence-corrected chi connectivity index (χ1v) is 8.34. The normalized spacial score (nSPS) is 11.9. The van der Waals surface area contributed by atoms with E-state index in [1.165, 1.54) is 0 Å². The van der Waals surface area contributed by atoms with Crippen molar-refractivity contribution < 1.29 is 4.79 Å². The van der Waals surface area contributed by atoms with Crippen LogP contribution in [0.2, 0.25) is 0 Å². The molecule has 0 bridgehead atoms. The van der Waals surface area contributed by atoms with Crippen molar-refractivity contribution in [3.8, 4) is 0 Å². The number of aryl methyl sites for hydroxylation is 2. The van der Waals surface area contributed by atoms with Crippen molar-refractivity contribution in [2.45, 2.75) is 13.8 Å². The van der Waals surface area contributed by atoms with Crippen LogP contribution in [-0.4, -0.2) is 27.5 Å². The smallest absolute Gasteiger partial charge is 0.213 e. The molecule has 5 heteroatoms. The fourth-order valence-corrected chi connectivity index (χ4v) is 2.68. The summed E-state index contributed by atoms with van der Waals surface area (Å²) in [6, 6.07) is 18.5. The topological polar surface area (TPSA) is 59.6 Å². The lowest BCUT2D eigenvalue weighted by atomic mass is 10.0. The van der Waals surface area contributed by atoms with Crippen LogP contribution in [0.5, 0.6) is 0 Å². The van der Waals surface area contributed by atoms with E-state index in [4.69, 9.17) is 0 Å². The van der Waals surface area contributed by atoms with Crippen molar-refractivity contribution in [3.63, 3.8) is 0 Å². The summed E-state index contributed by atoms with van der Waals surface area (Å²) in [7, 11) is 1.89. The highest BCUT2D eigenvalue weighted by Crippen LogP contribution is 2.11. The second-order valence-corrected chi connectivity index (χ2v) is 5.96. The minimum absolute atomic E-state index is 0.159. The third-order valence-corrected chi connectivity index (χ3v) is 4.21. The molecule has 0 saturated carbocycles. The number of rotatable bonds is 5. The Morgan fingerprint density at radius 1 is 0.962 bits per heavy atom. The van der Waals surface area contributed by atoms with E-state index in [1.807, 2.05) is 69.4 Å². The van der Waals surface area contributed by atoms with Crippen LogP contribution in [-0.2, 0) is 7.05 Å². The molecular weight excluding hydrogens is 324 g/mol. The zero-order chi connectivity index (χ0) is 18.5.